The molecule has 0 bridgehead atoms. The summed E-state index contributed by atoms with van der Waals surface area (Å²) in [6.07, 6.45) is 2.49. The molecule has 1 aromatic carbocycles. The molecule has 0 aromatic heterocycles. The van der Waals surface area contributed by atoms with E-state index >= 15 is 0 Å². The Hall–Kier alpha value is -1.11. The van der Waals surface area contributed by atoms with Crippen LogP contribution in [0.15, 0.2) is 18.2 Å². The Balaban J connectivity index is 2.90. The van der Waals surface area contributed by atoms with Crippen LogP contribution in [0.1, 0.15) is 42.9 Å². The molecule has 0 atom stereocenters. The number of carbonyl (C=O) groups excluding carboxylic acids is 1. The van der Waals surface area contributed by atoms with E-state index in [4.69, 9.17) is 0 Å². The fraction of sp³-hybridized carbons (Fsp3) is 0.462. The molecule has 0 radical (unpaired) electrons. The minimum atomic E-state index is 0.561. The smallest absolute Gasteiger partial charge is 0.120 e. The molecular formula is C13H18O. The molecule has 0 saturated carbocycles. The number of aryl methyl sites for hydroxylation is 2. The molecule has 14 heavy (non-hydrogen) atoms. The lowest BCUT2D eigenvalue weighted by Gasteiger charge is -2.10. The van der Waals surface area contributed by atoms with Gasteiger partial charge in [-0.25, -0.2) is 0 Å². The fourth-order valence-corrected chi connectivity index (χ4v) is 1.53. The van der Waals surface area contributed by atoms with Crippen molar-refractivity contribution in [1.29, 1.82) is 0 Å². The summed E-state index contributed by atoms with van der Waals surface area (Å²) in [5, 5.41) is 0. The standard InChI is InChI=1S/C13H18O/c1-10(2)12-7-6-11(3)13(9-12)5-4-8-14/h6-10H,4-5H2,1-3H3. The fourth-order valence-electron chi connectivity index (χ4n) is 1.53. The van der Waals surface area contributed by atoms with Gasteiger partial charge in [0.25, 0.3) is 0 Å². The maximum atomic E-state index is 10.3. The summed E-state index contributed by atoms with van der Waals surface area (Å²) < 4.78 is 0. The number of benzene rings is 1. The Labute approximate surface area is 86.1 Å². The summed E-state index contributed by atoms with van der Waals surface area (Å²) in [6, 6.07) is 6.55. The quantitative estimate of drug-likeness (QED) is 0.666. The second kappa shape index (κ2) is 4.94. The van der Waals surface area contributed by atoms with Crippen molar-refractivity contribution in [3.8, 4) is 0 Å². The first-order chi connectivity index (χ1) is 6.65. The van der Waals surface area contributed by atoms with Crippen molar-refractivity contribution in [2.24, 2.45) is 0 Å². The average molecular weight is 190 g/mol. The summed E-state index contributed by atoms with van der Waals surface area (Å²) >= 11 is 0. The highest BCUT2D eigenvalue weighted by atomic mass is 16.1. The zero-order valence-electron chi connectivity index (χ0n) is 9.21. The van der Waals surface area contributed by atoms with Crippen molar-refractivity contribution in [1.82, 2.24) is 0 Å². The number of hydrogen-bond acceptors (Lipinski definition) is 1. The highest BCUT2D eigenvalue weighted by Crippen LogP contribution is 2.19. The van der Waals surface area contributed by atoms with Crippen LogP contribution in [0.25, 0.3) is 0 Å². The van der Waals surface area contributed by atoms with Crippen molar-refractivity contribution in [3.05, 3.63) is 34.9 Å². The first-order valence-electron chi connectivity index (χ1n) is 5.18. The minimum Gasteiger partial charge on any atom is -0.303 e. The van der Waals surface area contributed by atoms with Crippen LogP contribution in [0, 0.1) is 6.92 Å². The van der Waals surface area contributed by atoms with E-state index in [1.165, 1.54) is 16.7 Å². The van der Waals surface area contributed by atoms with Crippen molar-refractivity contribution < 1.29 is 4.79 Å². The van der Waals surface area contributed by atoms with Crippen LogP contribution in [-0.2, 0) is 11.2 Å². The second-order valence-electron chi connectivity index (χ2n) is 4.05. The Morgan fingerprint density at radius 3 is 2.64 bits per heavy atom. The molecule has 0 unspecified atom stereocenters. The molecule has 1 nitrogen and oxygen atoms in total. The van der Waals surface area contributed by atoms with Crippen molar-refractivity contribution in [2.45, 2.75) is 39.5 Å². The number of carbonyl (C=O) groups is 1. The maximum absolute atomic E-state index is 10.3. The van der Waals surface area contributed by atoms with E-state index in [0.29, 0.717) is 12.3 Å². The minimum absolute atomic E-state index is 0.561. The van der Waals surface area contributed by atoms with Gasteiger partial charge < -0.3 is 4.79 Å². The van der Waals surface area contributed by atoms with Gasteiger partial charge in [0, 0.05) is 6.42 Å². The summed E-state index contributed by atoms with van der Waals surface area (Å²) in [6.45, 7) is 6.48. The number of hydrogen-bond donors (Lipinski definition) is 0. The maximum Gasteiger partial charge on any atom is 0.120 e. The first-order valence-corrected chi connectivity index (χ1v) is 5.18. The van der Waals surface area contributed by atoms with Gasteiger partial charge in [-0.15, -0.1) is 0 Å². The molecule has 0 aliphatic heterocycles. The summed E-state index contributed by atoms with van der Waals surface area (Å²) in [4.78, 5) is 10.3. The van der Waals surface area contributed by atoms with Crippen LogP contribution in [0.4, 0.5) is 0 Å². The van der Waals surface area contributed by atoms with E-state index in [0.717, 1.165) is 12.7 Å². The number of aldehydes is 1. The third kappa shape index (κ3) is 2.69. The lowest BCUT2D eigenvalue weighted by atomic mass is 9.96. The molecule has 0 aliphatic carbocycles. The van der Waals surface area contributed by atoms with Crippen LogP contribution < -0.4 is 0 Å². The highest BCUT2D eigenvalue weighted by molar-refractivity contribution is 5.50. The summed E-state index contributed by atoms with van der Waals surface area (Å²) in [5.74, 6) is 0.561. The zero-order valence-corrected chi connectivity index (χ0v) is 9.21. The monoisotopic (exact) mass is 190 g/mol. The molecule has 1 rings (SSSR count). The molecule has 1 aromatic rings. The van der Waals surface area contributed by atoms with Crippen molar-refractivity contribution in [3.63, 3.8) is 0 Å². The predicted octanol–water partition coefficient (Wildman–Crippen LogP) is 3.25. The van der Waals surface area contributed by atoms with Gasteiger partial charge in [-0.2, -0.15) is 0 Å². The molecule has 0 aliphatic rings. The molecular weight excluding hydrogens is 172 g/mol. The molecule has 76 valence electrons. The van der Waals surface area contributed by atoms with E-state index in [1.54, 1.807) is 0 Å². The van der Waals surface area contributed by atoms with E-state index in [9.17, 15) is 4.79 Å². The van der Waals surface area contributed by atoms with Crippen LogP contribution in [-0.4, -0.2) is 6.29 Å². The molecule has 0 spiro atoms. The lowest BCUT2D eigenvalue weighted by Crippen LogP contribution is -1.95. The summed E-state index contributed by atoms with van der Waals surface area (Å²) in [5.41, 5.74) is 3.95. The van der Waals surface area contributed by atoms with Crippen LogP contribution in [0.2, 0.25) is 0 Å². The molecule has 0 fully saturated rings. The lowest BCUT2D eigenvalue weighted by molar-refractivity contribution is -0.107. The van der Waals surface area contributed by atoms with Gasteiger partial charge >= 0.3 is 0 Å². The SMILES string of the molecule is Cc1ccc(C(C)C)cc1CCC=O. The van der Waals surface area contributed by atoms with Crippen LogP contribution >= 0.6 is 0 Å². The third-order valence-electron chi connectivity index (χ3n) is 2.57. The van der Waals surface area contributed by atoms with Gasteiger partial charge in [-0.3, -0.25) is 0 Å². The van der Waals surface area contributed by atoms with Crippen LogP contribution in [0.5, 0.6) is 0 Å². The second-order valence-corrected chi connectivity index (χ2v) is 4.05. The van der Waals surface area contributed by atoms with E-state index in [-0.39, 0.29) is 0 Å². The normalized spacial score (nSPS) is 10.6. The topological polar surface area (TPSA) is 17.1 Å². The van der Waals surface area contributed by atoms with Gasteiger partial charge in [0.15, 0.2) is 0 Å². The highest BCUT2D eigenvalue weighted by Gasteiger charge is 2.03. The van der Waals surface area contributed by atoms with Gasteiger partial charge in [0.2, 0.25) is 0 Å². The van der Waals surface area contributed by atoms with Gasteiger partial charge in [0.1, 0.15) is 6.29 Å². The van der Waals surface area contributed by atoms with Gasteiger partial charge in [-0.05, 0) is 36.0 Å². The third-order valence-corrected chi connectivity index (χ3v) is 2.57. The van der Waals surface area contributed by atoms with E-state index < -0.39 is 0 Å². The predicted molar refractivity (Wildman–Crippen MR) is 59.7 cm³/mol. The largest absolute Gasteiger partial charge is 0.303 e. The Morgan fingerprint density at radius 2 is 2.07 bits per heavy atom. The zero-order chi connectivity index (χ0) is 10.6. The Morgan fingerprint density at radius 1 is 1.36 bits per heavy atom. The van der Waals surface area contributed by atoms with Gasteiger partial charge in [0.05, 0.1) is 0 Å². The Kier molecular flexibility index (Phi) is 3.87. The average Bonchev–Trinajstić information content (AvgIpc) is 2.16. The van der Waals surface area contributed by atoms with E-state index in [1.807, 2.05) is 0 Å². The molecule has 0 heterocycles. The van der Waals surface area contributed by atoms with Crippen molar-refractivity contribution in [2.75, 3.05) is 0 Å². The molecule has 0 saturated heterocycles. The number of rotatable bonds is 4. The summed E-state index contributed by atoms with van der Waals surface area (Å²) in [7, 11) is 0. The Bertz CT molecular complexity index is 313. The van der Waals surface area contributed by atoms with Gasteiger partial charge in [-0.1, -0.05) is 32.0 Å². The molecule has 1 heteroatoms. The molecule has 0 amide bonds. The van der Waals surface area contributed by atoms with Crippen LogP contribution in [0.3, 0.4) is 0 Å². The molecule has 0 N–H and O–H groups in total. The van der Waals surface area contributed by atoms with E-state index in [2.05, 4.69) is 39.0 Å². The van der Waals surface area contributed by atoms with Crippen molar-refractivity contribution >= 4 is 6.29 Å². The first kappa shape index (κ1) is 11.0.